The maximum absolute atomic E-state index is 8.57. The Hall–Kier alpha value is -1.56. The van der Waals surface area contributed by atoms with Crippen molar-refractivity contribution in [3.63, 3.8) is 0 Å². The summed E-state index contributed by atoms with van der Waals surface area (Å²) in [4.78, 5) is 4.00. The SMILES string of the molecule is CC1CC(Nc2ccc(C#N)nc2)C1. The van der Waals surface area contributed by atoms with E-state index in [1.807, 2.05) is 12.1 Å². The second-order valence-corrected chi connectivity index (χ2v) is 3.96. The molecule has 0 amide bonds. The fourth-order valence-electron chi connectivity index (χ4n) is 1.80. The van der Waals surface area contributed by atoms with Gasteiger partial charge in [-0.25, -0.2) is 4.98 Å². The molecule has 1 aliphatic carbocycles. The Morgan fingerprint density at radius 2 is 2.29 bits per heavy atom. The molecule has 2 rings (SSSR count). The summed E-state index contributed by atoms with van der Waals surface area (Å²) in [6.07, 6.45) is 4.20. The van der Waals surface area contributed by atoms with Crippen molar-refractivity contribution < 1.29 is 0 Å². The zero-order chi connectivity index (χ0) is 9.97. The first-order valence-corrected chi connectivity index (χ1v) is 4.90. The normalized spacial score (nSPS) is 24.9. The Morgan fingerprint density at radius 3 is 2.79 bits per heavy atom. The Bertz CT molecular complexity index is 344. The lowest BCUT2D eigenvalue weighted by Crippen LogP contribution is -2.33. The van der Waals surface area contributed by atoms with Gasteiger partial charge in [-0.3, -0.25) is 0 Å². The standard InChI is InChI=1S/C11H13N3/c1-8-4-11(5-8)14-10-3-2-9(6-12)13-7-10/h2-3,7-8,11,14H,4-5H2,1H3. The smallest absolute Gasteiger partial charge is 0.140 e. The zero-order valence-corrected chi connectivity index (χ0v) is 8.20. The van der Waals surface area contributed by atoms with Crippen LogP contribution in [-0.2, 0) is 0 Å². The number of hydrogen-bond acceptors (Lipinski definition) is 3. The predicted octanol–water partition coefficient (Wildman–Crippen LogP) is 2.16. The third kappa shape index (κ3) is 1.85. The number of nitriles is 1. The fraction of sp³-hybridized carbons (Fsp3) is 0.455. The van der Waals surface area contributed by atoms with Gasteiger partial charge in [0.25, 0.3) is 0 Å². The Morgan fingerprint density at radius 1 is 1.50 bits per heavy atom. The van der Waals surface area contributed by atoms with E-state index in [0.29, 0.717) is 11.7 Å². The molecule has 1 aromatic heterocycles. The molecule has 0 saturated heterocycles. The minimum absolute atomic E-state index is 0.470. The number of pyridine rings is 1. The lowest BCUT2D eigenvalue weighted by atomic mass is 9.82. The molecule has 1 aliphatic rings. The van der Waals surface area contributed by atoms with Crippen molar-refractivity contribution in [3.8, 4) is 6.07 Å². The highest BCUT2D eigenvalue weighted by molar-refractivity contribution is 5.44. The third-order valence-electron chi connectivity index (χ3n) is 2.62. The van der Waals surface area contributed by atoms with Crippen LogP contribution >= 0.6 is 0 Å². The van der Waals surface area contributed by atoms with Gasteiger partial charge in [0.2, 0.25) is 0 Å². The summed E-state index contributed by atoms with van der Waals surface area (Å²) in [6, 6.07) is 6.25. The monoisotopic (exact) mass is 187 g/mol. The summed E-state index contributed by atoms with van der Waals surface area (Å²) in [5.74, 6) is 0.846. The number of rotatable bonds is 2. The first-order valence-electron chi connectivity index (χ1n) is 4.90. The lowest BCUT2D eigenvalue weighted by Gasteiger charge is -2.33. The zero-order valence-electron chi connectivity index (χ0n) is 8.20. The summed E-state index contributed by atoms with van der Waals surface area (Å²) in [6.45, 7) is 2.26. The average Bonchev–Trinajstić information content (AvgIpc) is 2.17. The molecular formula is C11H13N3. The van der Waals surface area contributed by atoms with Gasteiger partial charge in [-0.05, 0) is 30.9 Å². The summed E-state index contributed by atoms with van der Waals surface area (Å²) in [7, 11) is 0. The van der Waals surface area contributed by atoms with E-state index in [-0.39, 0.29) is 0 Å². The molecule has 1 heterocycles. The van der Waals surface area contributed by atoms with E-state index >= 15 is 0 Å². The quantitative estimate of drug-likeness (QED) is 0.771. The van der Waals surface area contributed by atoms with Gasteiger partial charge in [-0.1, -0.05) is 6.92 Å². The highest BCUT2D eigenvalue weighted by Crippen LogP contribution is 2.29. The van der Waals surface area contributed by atoms with Gasteiger partial charge < -0.3 is 5.32 Å². The van der Waals surface area contributed by atoms with Crippen molar-refractivity contribution in [1.29, 1.82) is 5.26 Å². The van der Waals surface area contributed by atoms with Gasteiger partial charge >= 0.3 is 0 Å². The summed E-state index contributed by atoms with van der Waals surface area (Å²) in [5, 5.41) is 12.0. The Balaban J connectivity index is 1.94. The van der Waals surface area contributed by atoms with Crippen molar-refractivity contribution in [3.05, 3.63) is 24.0 Å². The van der Waals surface area contributed by atoms with Crippen LogP contribution in [0.1, 0.15) is 25.5 Å². The number of nitrogens with one attached hydrogen (secondary N) is 1. The van der Waals surface area contributed by atoms with E-state index in [0.717, 1.165) is 11.6 Å². The van der Waals surface area contributed by atoms with Crippen LogP contribution in [0.25, 0.3) is 0 Å². The second kappa shape index (κ2) is 3.67. The van der Waals surface area contributed by atoms with Crippen LogP contribution < -0.4 is 5.32 Å². The Labute approximate surface area is 83.8 Å². The van der Waals surface area contributed by atoms with Gasteiger partial charge in [0, 0.05) is 6.04 Å². The minimum Gasteiger partial charge on any atom is -0.381 e. The predicted molar refractivity (Wildman–Crippen MR) is 54.8 cm³/mol. The molecule has 1 fully saturated rings. The number of nitrogens with zero attached hydrogens (tertiary/aromatic N) is 2. The van der Waals surface area contributed by atoms with E-state index in [1.54, 1.807) is 12.3 Å². The highest BCUT2D eigenvalue weighted by atomic mass is 14.9. The molecule has 0 atom stereocenters. The first-order chi connectivity index (χ1) is 6.78. The molecule has 0 bridgehead atoms. The molecule has 3 nitrogen and oxygen atoms in total. The molecule has 0 aliphatic heterocycles. The fourth-order valence-corrected chi connectivity index (χ4v) is 1.80. The van der Waals surface area contributed by atoms with Gasteiger partial charge in [0.1, 0.15) is 11.8 Å². The molecule has 0 radical (unpaired) electrons. The van der Waals surface area contributed by atoms with Gasteiger partial charge in [-0.2, -0.15) is 5.26 Å². The molecule has 0 aromatic carbocycles. The van der Waals surface area contributed by atoms with Crippen molar-refractivity contribution in [2.24, 2.45) is 5.92 Å². The third-order valence-corrected chi connectivity index (χ3v) is 2.62. The molecule has 72 valence electrons. The molecule has 0 spiro atoms. The summed E-state index contributed by atoms with van der Waals surface area (Å²) >= 11 is 0. The Kier molecular flexibility index (Phi) is 2.36. The van der Waals surface area contributed by atoms with E-state index in [1.165, 1.54) is 12.8 Å². The van der Waals surface area contributed by atoms with Gasteiger partial charge in [-0.15, -0.1) is 0 Å². The van der Waals surface area contributed by atoms with Crippen LogP contribution in [0.5, 0.6) is 0 Å². The van der Waals surface area contributed by atoms with Crippen LogP contribution in [0.4, 0.5) is 5.69 Å². The largest absolute Gasteiger partial charge is 0.381 e. The molecule has 14 heavy (non-hydrogen) atoms. The average molecular weight is 187 g/mol. The number of hydrogen-bond donors (Lipinski definition) is 1. The van der Waals surface area contributed by atoms with Crippen LogP contribution in [0.15, 0.2) is 18.3 Å². The van der Waals surface area contributed by atoms with Crippen LogP contribution in [0.2, 0.25) is 0 Å². The highest BCUT2D eigenvalue weighted by Gasteiger charge is 2.24. The number of aromatic nitrogens is 1. The molecule has 1 N–H and O–H groups in total. The topological polar surface area (TPSA) is 48.7 Å². The maximum Gasteiger partial charge on any atom is 0.140 e. The van der Waals surface area contributed by atoms with Crippen LogP contribution in [0, 0.1) is 17.2 Å². The van der Waals surface area contributed by atoms with Crippen molar-refractivity contribution in [2.75, 3.05) is 5.32 Å². The van der Waals surface area contributed by atoms with Crippen LogP contribution in [-0.4, -0.2) is 11.0 Å². The van der Waals surface area contributed by atoms with Crippen LogP contribution in [0.3, 0.4) is 0 Å². The second-order valence-electron chi connectivity index (χ2n) is 3.96. The van der Waals surface area contributed by atoms with E-state index in [4.69, 9.17) is 5.26 Å². The molecule has 0 unspecified atom stereocenters. The van der Waals surface area contributed by atoms with Crippen molar-refractivity contribution in [2.45, 2.75) is 25.8 Å². The molecule has 3 heteroatoms. The molecule has 1 aromatic rings. The van der Waals surface area contributed by atoms with E-state index < -0.39 is 0 Å². The lowest BCUT2D eigenvalue weighted by molar-refractivity contribution is 0.309. The molecule has 1 saturated carbocycles. The summed E-state index contributed by atoms with van der Waals surface area (Å²) < 4.78 is 0. The van der Waals surface area contributed by atoms with Gasteiger partial charge in [0.15, 0.2) is 0 Å². The van der Waals surface area contributed by atoms with Gasteiger partial charge in [0.05, 0.1) is 11.9 Å². The summed E-state index contributed by atoms with van der Waals surface area (Å²) in [5.41, 5.74) is 1.48. The first kappa shape index (κ1) is 9.01. The van der Waals surface area contributed by atoms with Crippen molar-refractivity contribution in [1.82, 2.24) is 4.98 Å². The van der Waals surface area contributed by atoms with E-state index in [9.17, 15) is 0 Å². The van der Waals surface area contributed by atoms with Crippen molar-refractivity contribution >= 4 is 5.69 Å². The number of anilines is 1. The van der Waals surface area contributed by atoms with E-state index in [2.05, 4.69) is 17.2 Å². The minimum atomic E-state index is 0.470. The molecular weight excluding hydrogens is 174 g/mol. The maximum atomic E-state index is 8.57.